The number of aromatic nitrogens is 4. The Morgan fingerprint density at radius 3 is 2.65 bits per heavy atom. The second-order valence-corrected chi connectivity index (χ2v) is 5.38. The predicted molar refractivity (Wildman–Crippen MR) is 87.3 cm³/mol. The van der Waals surface area contributed by atoms with Gasteiger partial charge in [0, 0.05) is 33.0 Å². The lowest BCUT2D eigenvalue weighted by Crippen LogP contribution is -2.36. The van der Waals surface area contributed by atoms with E-state index in [1.807, 2.05) is 34.0 Å². The molecule has 1 atom stereocenters. The number of nitrogens with one attached hydrogen (secondary N) is 2. The summed E-state index contributed by atoms with van der Waals surface area (Å²) in [7, 11) is 5.24. The van der Waals surface area contributed by atoms with Gasteiger partial charge in [-0.3, -0.25) is 14.7 Å². The van der Waals surface area contributed by atoms with E-state index in [-0.39, 0.29) is 12.1 Å². The fourth-order valence-electron chi connectivity index (χ4n) is 2.59. The molecule has 2 amide bonds. The molecule has 0 radical (unpaired) electrons. The number of carbonyl (C=O) groups excluding carboxylic acids is 1. The first kappa shape index (κ1) is 17.0. The van der Waals surface area contributed by atoms with Crippen LogP contribution in [0.3, 0.4) is 0 Å². The van der Waals surface area contributed by atoms with Crippen molar-refractivity contribution < 1.29 is 9.53 Å². The van der Waals surface area contributed by atoms with Crippen molar-refractivity contribution in [3.05, 3.63) is 29.2 Å². The van der Waals surface area contributed by atoms with Crippen LogP contribution >= 0.6 is 0 Å². The van der Waals surface area contributed by atoms with E-state index in [0.717, 1.165) is 23.4 Å². The average Bonchev–Trinajstić information content (AvgIpc) is 3.05. The van der Waals surface area contributed by atoms with Crippen molar-refractivity contribution in [3.63, 3.8) is 0 Å². The molecule has 0 aliphatic rings. The lowest BCUT2D eigenvalue weighted by Gasteiger charge is -2.19. The van der Waals surface area contributed by atoms with Crippen LogP contribution in [0.4, 0.5) is 10.6 Å². The number of carbonyl (C=O) groups is 1. The van der Waals surface area contributed by atoms with Crippen molar-refractivity contribution in [3.8, 4) is 0 Å². The Kier molecular flexibility index (Phi) is 5.38. The fraction of sp³-hybridized carbons (Fsp3) is 0.533. The van der Waals surface area contributed by atoms with Gasteiger partial charge in [0.25, 0.3) is 0 Å². The summed E-state index contributed by atoms with van der Waals surface area (Å²) < 4.78 is 8.60. The minimum Gasteiger partial charge on any atom is -0.382 e. The first-order valence-corrected chi connectivity index (χ1v) is 7.54. The van der Waals surface area contributed by atoms with Crippen LogP contribution in [0.25, 0.3) is 0 Å². The number of hydrogen-bond donors (Lipinski definition) is 2. The molecule has 2 aromatic rings. The van der Waals surface area contributed by atoms with E-state index in [1.165, 1.54) is 0 Å². The van der Waals surface area contributed by atoms with Crippen molar-refractivity contribution >= 4 is 11.8 Å². The monoisotopic (exact) mass is 320 g/mol. The zero-order valence-corrected chi connectivity index (χ0v) is 14.3. The highest BCUT2D eigenvalue weighted by Gasteiger charge is 2.19. The molecule has 0 bridgehead atoms. The van der Waals surface area contributed by atoms with Gasteiger partial charge in [-0.15, -0.1) is 0 Å². The van der Waals surface area contributed by atoms with E-state index < -0.39 is 0 Å². The number of hydrogen-bond acceptors (Lipinski definition) is 4. The van der Waals surface area contributed by atoms with Gasteiger partial charge >= 0.3 is 6.03 Å². The Morgan fingerprint density at radius 2 is 2.13 bits per heavy atom. The number of amides is 2. The number of ether oxygens (including phenoxy) is 1. The predicted octanol–water partition coefficient (Wildman–Crippen LogP) is 1.53. The third-order valence-electron chi connectivity index (χ3n) is 3.80. The van der Waals surface area contributed by atoms with Gasteiger partial charge in [-0.2, -0.15) is 10.2 Å². The number of nitrogens with zero attached hydrogens (tertiary/aromatic N) is 4. The van der Waals surface area contributed by atoms with Crippen LogP contribution in [0.1, 0.15) is 29.9 Å². The van der Waals surface area contributed by atoms with Gasteiger partial charge in [-0.1, -0.05) is 6.92 Å². The van der Waals surface area contributed by atoms with Gasteiger partial charge in [-0.05, 0) is 19.4 Å². The van der Waals surface area contributed by atoms with Crippen molar-refractivity contribution in [2.24, 2.45) is 14.1 Å². The molecule has 0 saturated heterocycles. The van der Waals surface area contributed by atoms with Crippen molar-refractivity contribution in [2.45, 2.75) is 26.3 Å². The number of urea groups is 1. The number of rotatable bonds is 6. The maximum atomic E-state index is 12.4. The highest BCUT2D eigenvalue weighted by atomic mass is 16.5. The SMILES string of the molecule is CCc1nn(C)c(NC(=O)N[C@H](COC)c2ccnn2C)c1C. The van der Waals surface area contributed by atoms with E-state index in [9.17, 15) is 4.79 Å². The molecule has 2 heterocycles. The smallest absolute Gasteiger partial charge is 0.321 e. The van der Waals surface area contributed by atoms with E-state index in [4.69, 9.17) is 4.74 Å². The largest absolute Gasteiger partial charge is 0.382 e. The van der Waals surface area contributed by atoms with Crippen LogP contribution in [0, 0.1) is 6.92 Å². The fourth-order valence-corrected chi connectivity index (χ4v) is 2.59. The Labute approximate surface area is 135 Å². The lowest BCUT2D eigenvalue weighted by atomic mass is 10.2. The van der Waals surface area contributed by atoms with Gasteiger partial charge in [0.2, 0.25) is 0 Å². The Morgan fingerprint density at radius 1 is 1.39 bits per heavy atom. The number of methoxy groups -OCH3 is 1. The van der Waals surface area contributed by atoms with Gasteiger partial charge in [-0.25, -0.2) is 4.79 Å². The van der Waals surface area contributed by atoms with Crippen molar-refractivity contribution in [2.75, 3.05) is 19.0 Å². The van der Waals surface area contributed by atoms with Crippen LogP contribution < -0.4 is 10.6 Å². The third kappa shape index (κ3) is 3.70. The molecule has 126 valence electrons. The minimum atomic E-state index is -0.304. The van der Waals surface area contributed by atoms with E-state index in [1.54, 1.807) is 22.7 Å². The molecule has 8 heteroatoms. The Bertz CT molecular complexity index is 676. The summed E-state index contributed by atoms with van der Waals surface area (Å²) in [6.45, 7) is 4.35. The molecule has 23 heavy (non-hydrogen) atoms. The molecule has 0 unspecified atom stereocenters. The van der Waals surface area contributed by atoms with Gasteiger partial charge < -0.3 is 10.1 Å². The Hall–Kier alpha value is -2.35. The first-order chi connectivity index (χ1) is 11.0. The molecule has 0 aromatic carbocycles. The zero-order chi connectivity index (χ0) is 17.0. The van der Waals surface area contributed by atoms with Crippen LogP contribution in [0.15, 0.2) is 12.3 Å². The maximum Gasteiger partial charge on any atom is 0.321 e. The highest BCUT2D eigenvalue weighted by Crippen LogP contribution is 2.19. The summed E-state index contributed by atoms with van der Waals surface area (Å²) in [5.41, 5.74) is 2.83. The number of anilines is 1. The summed E-state index contributed by atoms with van der Waals surface area (Å²) >= 11 is 0. The van der Waals surface area contributed by atoms with Crippen LogP contribution in [-0.4, -0.2) is 39.3 Å². The van der Waals surface area contributed by atoms with Crippen LogP contribution in [-0.2, 0) is 25.3 Å². The molecule has 0 saturated carbocycles. The van der Waals surface area contributed by atoms with Gasteiger partial charge in [0.15, 0.2) is 0 Å². The molecule has 0 fully saturated rings. The Balaban J connectivity index is 2.11. The molecular formula is C15H24N6O2. The normalized spacial score (nSPS) is 12.2. The molecule has 0 aliphatic heterocycles. The summed E-state index contributed by atoms with van der Waals surface area (Å²) in [4.78, 5) is 12.4. The molecule has 8 nitrogen and oxygen atoms in total. The quantitative estimate of drug-likeness (QED) is 0.845. The minimum absolute atomic E-state index is 0.285. The third-order valence-corrected chi connectivity index (χ3v) is 3.80. The highest BCUT2D eigenvalue weighted by molar-refractivity contribution is 5.89. The van der Waals surface area contributed by atoms with E-state index in [2.05, 4.69) is 20.8 Å². The molecule has 2 rings (SSSR count). The molecule has 0 spiro atoms. The van der Waals surface area contributed by atoms with E-state index in [0.29, 0.717) is 12.4 Å². The molecule has 2 aromatic heterocycles. The van der Waals surface area contributed by atoms with Gasteiger partial charge in [0.05, 0.1) is 24.0 Å². The zero-order valence-electron chi connectivity index (χ0n) is 14.3. The topological polar surface area (TPSA) is 86.0 Å². The summed E-state index contributed by atoms with van der Waals surface area (Å²) in [5.74, 6) is 0.695. The van der Waals surface area contributed by atoms with E-state index >= 15 is 0 Å². The maximum absolute atomic E-state index is 12.4. The molecule has 0 aliphatic carbocycles. The molecule has 2 N–H and O–H groups in total. The average molecular weight is 320 g/mol. The summed E-state index contributed by atoms with van der Waals surface area (Å²) in [5, 5.41) is 14.3. The van der Waals surface area contributed by atoms with Gasteiger partial charge in [0.1, 0.15) is 5.82 Å². The van der Waals surface area contributed by atoms with Crippen molar-refractivity contribution in [1.82, 2.24) is 24.9 Å². The summed E-state index contributed by atoms with van der Waals surface area (Å²) in [6.07, 6.45) is 2.51. The molecular weight excluding hydrogens is 296 g/mol. The summed E-state index contributed by atoms with van der Waals surface area (Å²) in [6, 6.07) is 1.27. The number of aryl methyl sites for hydroxylation is 3. The van der Waals surface area contributed by atoms with Crippen molar-refractivity contribution in [1.29, 1.82) is 0 Å². The first-order valence-electron chi connectivity index (χ1n) is 7.54. The van der Waals surface area contributed by atoms with Crippen LogP contribution in [0.5, 0.6) is 0 Å². The van der Waals surface area contributed by atoms with Crippen LogP contribution in [0.2, 0.25) is 0 Å². The second-order valence-electron chi connectivity index (χ2n) is 5.38. The second kappa shape index (κ2) is 7.28. The standard InChI is InChI=1S/C15H24N6O2/c1-6-11-10(2)14(21(4)19-11)18-15(22)17-12(9-23-5)13-7-8-16-20(13)3/h7-8,12H,6,9H2,1-5H3,(H2,17,18,22)/t12-/m1/s1. The lowest BCUT2D eigenvalue weighted by molar-refractivity contribution is 0.165.